The van der Waals surface area contributed by atoms with E-state index in [0.29, 0.717) is 30.3 Å². The van der Waals surface area contributed by atoms with E-state index in [0.717, 1.165) is 60.9 Å². The lowest BCUT2D eigenvalue weighted by Crippen LogP contribution is -2.26. The standard InChI is InChI=1S/C31H36BrFN6O2/c1-3-22-7-6-13-35-26(22)17-34-12-4-5-14-39-19-36-30-27(39)16-24(31(40)38-41-18-21-8-9-21)29(28(30)33)37-25-11-10-23(32)15-20(25)2/h6-7,10-11,13,15-16,19,21,34,37H,3-5,8-9,12,14,17-18H2,1-2H3,(H,38,40). The van der Waals surface area contributed by atoms with Gasteiger partial charge in [0.2, 0.25) is 0 Å². The maximum Gasteiger partial charge on any atom is 0.277 e. The van der Waals surface area contributed by atoms with Crippen molar-refractivity contribution in [1.29, 1.82) is 0 Å². The number of nitrogens with zero attached hydrogens (tertiary/aromatic N) is 3. The molecule has 10 heteroatoms. The van der Waals surface area contributed by atoms with E-state index in [4.69, 9.17) is 4.84 Å². The molecule has 1 amide bonds. The van der Waals surface area contributed by atoms with Gasteiger partial charge in [-0.2, -0.15) is 0 Å². The summed E-state index contributed by atoms with van der Waals surface area (Å²) in [5, 5.41) is 6.62. The summed E-state index contributed by atoms with van der Waals surface area (Å²) in [6, 6.07) is 11.4. The van der Waals surface area contributed by atoms with Gasteiger partial charge < -0.3 is 15.2 Å². The van der Waals surface area contributed by atoms with Crippen molar-refractivity contribution in [2.45, 2.75) is 59.0 Å². The number of anilines is 2. The molecular formula is C31H36BrFN6O2. The normalized spacial score (nSPS) is 13.1. The molecule has 1 fully saturated rings. The van der Waals surface area contributed by atoms with Crippen LogP contribution in [0.1, 0.15) is 59.8 Å². The van der Waals surface area contributed by atoms with E-state index < -0.39 is 11.7 Å². The number of carbonyl (C=O) groups excluding carboxylic acids is 1. The number of halogens is 2. The number of hydroxylamine groups is 1. The molecule has 0 spiro atoms. The second-order valence-corrected chi connectivity index (χ2v) is 11.5. The summed E-state index contributed by atoms with van der Waals surface area (Å²) in [7, 11) is 0. The van der Waals surface area contributed by atoms with Crippen LogP contribution in [0.15, 0.2) is 53.4 Å². The van der Waals surface area contributed by atoms with Gasteiger partial charge in [0.05, 0.1) is 35.4 Å². The van der Waals surface area contributed by atoms with Crippen LogP contribution in [0.4, 0.5) is 15.8 Å². The van der Waals surface area contributed by atoms with Gasteiger partial charge in [-0.25, -0.2) is 14.9 Å². The Kier molecular flexibility index (Phi) is 9.64. The highest BCUT2D eigenvalue weighted by Gasteiger charge is 2.25. The number of nitrogens with one attached hydrogen (secondary N) is 3. The van der Waals surface area contributed by atoms with Crippen molar-refractivity contribution in [3.63, 3.8) is 0 Å². The first-order chi connectivity index (χ1) is 19.9. The lowest BCUT2D eigenvalue weighted by atomic mass is 10.1. The van der Waals surface area contributed by atoms with Gasteiger partial charge in [-0.3, -0.25) is 14.6 Å². The van der Waals surface area contributed by atoms with Crippen LogP contribution < -0.4 is 16.1 Å². The van der Waals surface area contributed by atoms with Crippen LogP contribution in [0.2, 0.25) is 0 Å². The molecule has 216 valence electrons. The van der Waals surface area contributed by atoms with Crippen LogP contribution in [0.25, 0.3) is 11.0 Å². The van der Waals surface area contributed by atoms with E-state index in [1.165, 1.54) is 5.56 Å². The largest absolute Gasteiger partial charge is 0.352 e. The first-order valence-electron chi connectivity index (χ1n) is 14.2. The van der Waals surface area contributed by atoms with Crippen LogP contribution in [0.3, 0.4) is 0 Å². The number of benzene rings is 2. The molecule has 3 N–H and O–H groups in total. The van der Waals surface area contributed by atoms with Crippen LogP contribution >= 0.6 is 15.9 Å². The molecule has 0 atom stereocenters. The molecule has 2 aromatic carbocycles. The molecule has 1 saturated carbocycles. The van der Waals surface area contributed by atoms with Gasteiger partial charge in [-0.1, -0.05) is 28.9 Å². The zero-order valence-electron chi connectivity index (χ0n) is 23.5. The SMILES string of the molecule is CCc1cccnc1CNCCCCn1cnc2c(F)c(Nc3ccc(Br)cc3C)c(C(=O)NOCC3CC3)cc21. The van der Waals surface area contributed by atoms with E-state index in [2.05, 4.69) is 55.0 Å². The summed E-state index contributed by atoms with van der Waals surface area (Å²) in [6.07, 6.45) is 8.43. The summed E-state index contributed by atoms with van der Waals surface area (Å²) in [5.41, 5.74) is 7.49. The van der Waals surface area contributed by atoms with Gasteiger partial charge in [-0.05, 0) is 92.9 Å². The van der Waals surface area contributed by atoms with E-state index in [9.17, 15) is 4.79 Å². The van der Waals surface area contributed by atoms with Crippen molar-refractivity contribution in [3.05, 3.63) is 81.6 Å². The topological polar surface area (TPSA) is 93.1 Å². The number of aromatic nitrogens is 3. The average Bonchev–Trinajstić information content (AvgIpc) is 3.71. The van der Waals surface area contributed by atoms with Crippen molar-refractivity contribution < 1.29 is 14.0 Å². The summed E-state index contributed by atoms with van der Waals surface area (Å²) < 4.78 is 18.8. The zero-order valence-corrected chi connectivity index (χ0v) is 25.1. The Morgan fingerprint density at radius 1 is 1.20 bits per heavy atom. The third kappa shape index (κ3) is 7.30. The lowest BCUT2D eigenvalue weighted by Gasteiger charge is -2.16. The van der Waals surface area contributed by atoms with Crippen molar-refractivity contribution in [1.82, 2.24) is 25.3 Å². The first kappa shape index (κ1) is 29.2. The molecule has 8 nitrogen and oxygen atoms in total. The third-order valence-electron chi connectivity index (χ3n) is 7.39. The summed E-state index contributed by atoms with van der Waals surface area (Å²) in [5.74, 6) is -0.590. The summed E-state index contributed by atoms with van der Waals surface area (Å²) in [6.45, 7) is 6.74. The van der Waals surface area contributed by atoms with Gasteiger partial charge in [-0.15, -0.1) is 0 Å². The smallest absolute Gasteiger partial charge is 0.277 e. The highest BCUT2D eigenvalue weighted by molar-refractivity contribution is 9.10. The molecule has 5 rings (SSSR count). The maximum absolute atomic E-state index is 16.0. The van der Waals surface area contributed by atoms with Crippen molar-refractivity contribution in [2.24, 2.45) is 5.92 Å². The molecule has 0 radical (unpaired) electrons. The molecule has 1 aliphatic rings. The molecule has 41 heavy (non-hydrogen) atoms. The highest BCUT2D eigenvalue weighted by Crippen LogP contribution is 2.33. The number of hydrogen-bond acceptors (Lipinski definition) is 6. The monoisotopic (exact) mass is 622 g/mol. The Morgan fingerprint density at radius 2 is 2.05 bits per heavy atom. The number of unbranched alkanes of at least 4 members (excludes halogenated alkanes) is 1. The number of imidazole rings is 1. The molecule has 2 aromatic heterocycles. The van der Waals surface area contributed by atoms with Gasteiger partial charge in [0.25, 0.3) is 5.91 Å². The van der Waals surface area contributed by atoms with Crippen LogP contribution in [-0.2, 0) is 24.3 Å². The molecule has 0 aliphatic heterocycles. The molecule has 4 aromatic rings. The Morgan fingerprint density at radius 3 is 2.83 bits per heavy atom. The second kappa shape index (κ2) is 13.5. The van der Waals surface area contributed by atoms with E-state index in [1.807, 2.05) is 42.0 Å². The molecule has 1 aliphatic carbocycles. The fraction of sp³-hybridized carbons (Fsp3) is 0.387. The lowest BCUT2D eigenvalue weighted by molar-refractivity contribution is 0.0271. The van der Waals surface area contributed by atoms with Crippen LogP contribution in [0.5, 0.6) is 0 Å². The molecule has 2 heterocycles. The fourth-order valence-electron chi connectivity index (χ4n) is 4.80. The average molecular weight is 624 g/mol. The molecule has 0 unspecified atom stereocenters. The number of amides is 1. The summed E-state index contributed by atoms with van der Waals surface area (Å²) in [4.78, 5) is 27.5. The van der Waals surface area contributed by atoms with Gasteiger partial charge >= 0.3 is 0 Å². The first-order valence-corrected chi connectivity index (χ1v) is 15.0. The van der Waals surface area contributed by atoms with Gasteiger partial charge in [0.1, 0.15) is 5.52 Å². The number of pyridine rings is 1. The van der Waals surface area contributed by atoms with Crippen molar-refractivity contribution in [3.8, 4) is 0 Å². The van der Waals surface area contributed by atoms with Crippen LogP contribution in [0, 0.1) is 18.7 Å². The number of carbonyl (C=O) groups is 1. The summed E-state index contributed by atoms with van der Waals surface area (Å²) >= 11 is 3.46. The number of aryl methyl sites for hydroxylation is 3. The number of rotatable bonds is 14. The molecule has 0 saturated heterocycles. The second-order valence-electron chi connectivity index (χ2n) is 10.5. The zero-order chi connectivity index (χ0) is 28.8. The van der Waals surface area contributed by atoms with E-state index >= 15 is 4.39 Å². The van der Waals surface area contributed by atoms with Crippen LogP contribution in [-0.4, -0.2) is 33.6 Å². The van der Waals surface area contributed by atoms with E-state index in [-0.39, 0.29) is 16.8 Å². The Hall–Kier alpha value is -3.34. The highest BCUT2D eigenvalue weighted by atomic mass is 79.9. The maximum atomic E-state index is 16.0. The van der Waals surface area contributed by atoms with Gasteiger partial charge in [0, 0.05) is 29.4 Å². The number of hydrogen-bond donors (Lipinski definition) is 3. The Balaban J connectivity index is 1.29. The quantitative estimate of drug-likeness (QED) is 0.109. The predicted octanol–water partition coefficient (Wildman–Crippen LogP) is 6.59. The molecular weight excluding hydrogens is 587 g/mol. The van der Waals surface area contributed by atoms with Crippen molar-refractivity contribution in [2.75, 3.05) is 18.5 Å². The Bertz CT molecular complexity index is 1520. The minimum Gasteiger partial charge on any atom is -0.352 e. The predicted molar refractivity (Wildman–Crippen MR) is 163 cm³/mol. The van der Waals surface area contributed by atoms with Crippen molar-refractivity contribution >= 4 is 44.2 Å². The Labute approximate surface area is 248 Å². The number of fused-ring (bicyclic) bond motifs is 1. The van der Waals surface area contributed by atoms with Gasteiger partial charge in [0.15, 0.2) is 5.82 Å². The molecule has 0 bridgehead atoms. The minimum atomic E-state index is -0.570. The fourth-order valence-corrected chi connectivity index (χ4v) is 5.27. The third-order valence-corrected chi connectivity index (χ3v) is 7.88. The van der Waals surface area contributed by atoms with E-state index in [1.54, 1.807) is 12.4 Å². The minimum absolute atomic E-state index is 0.0749.